The molecule has 2 rings (SSSR count). The highest BCUT2D eigenvalue weighted by molar-refractivity contribution is 5.28. The average molecular weight is 210 g/mol. The van der Waals surface area contributed by atoms with Gasteiger partial charge in [0.05, 0.1) is 12.7 Å². The normalized spacial score (nSPS) is 24.7. The second kappa shape index (κ2) is 4.19. The molecular formula is C12H15FO2. The molecule has 0 saturated heterocycles. The van der Waals surface area contributed by atoms with E-state index in [1.165, 1.54) is 6.07 Å². The van der Waals surface area contributed by atoms with Gasteiger partial charge in [0.15, 0.2) is 11.6 Å². The molecule has 3 heteroatoms. The molecular weight excluding hydrogens is 195 g/mol. The molecule has 82 valence electrons. The SMILES string of the molecule is Cc1ccc(OC[C@H]2C[C@@H](O)C2)c(F)c1. The predicted molar refractivity (Wildman–Crippen MR) is 55.4 cm³/mol. The lowest BCUT2D eigenvalue weighted by Crippen LogP contribution is -2.32. The number of aliphatic hydroxyl groups excluding tert-OH is 1. The molecule has 1 N–H and O–H groups in total. The van der Waals surface area contributed by atoms with Crippen LogP contribution in [0.15, 0.2) is 18.2 Å². The summed E-state index contributed by atoms with van der Waals surface area (Å²) >= 11 is 0. The van der Waals surface area contributed by atoms with Gasteiger partial charge in [0, 0.05) is 0 Å². The van der Waals surface area contributed by atoms with Crippen LogP contribution in [-0.4, -0.2) is 17.8 Å². The van der Waals surface area contributed by atoms with Gasteiger partial charge < -0.3 is 9.84 Å². The highest BCUT2D eigenvalue weighted by Crippen LogP contribution is 2.28. The van der Waals surface area contributed by atoms with Crippen molar-refractivity contribution in [2.24, 2.45) is 5.92 Å². The summed E-state index contributed by atoms with van der Waals surface area (Å²) in [5.41, 5.74) is 0.888. The van der Waals surface area contributed by atoms with Crippen LogP contribution in [0.1, 0.15) is 18.4 Å². The van der Waals surface area contributed by atoms with Crippen LogP contribution in [0.25, 0.3) is 0 Å². The summed E-state index contributed by atoms with van der Waals surface area (Å²) in [6.45, 7) is 2.34. The Balaban J connectivity index is 1.88. The highest BCUT2D eigenvalue weighted by Gasteiger charge is 2.27. The van der Waals surface area contributed by atoms with Gasteiger partial charge >= 0.3 is 0 Å². The third-order valence-corrected chi connectivity index (χ3v) is 2.77. The van der Waals surface area contributed by atoms with E-state index in [4.69, 9.17) is 9.84 Å². The molecule has 15 heavy (non-hydrogen) atoms. The Kier molecular flexibility index (Phi) is 2.91. The summed E-state index contributed by atoms with van der Waals surface area (Å²) in [6.07, 6.45) is 1.36. The number of hydrogen-bond donors (Lipinski definition) is 1. The lowest BCUT2D eigenvalue weighted by atomic mass is 9.83. The van der Waals surface area contributed by atoms with E-state index < -0.39 is 0 Å². The molecule has 0 aliphatic heterocycles. The smallest absolute Gasteiger partial charge is 0.165 e. The summed E-state index contributed by atoms with van der Waals surface area (Å²) in [6, 6.07) is 4.94. The number of aryl methyl sites for hydroxylation is 1. The second-order valence-corrected chi connectivity index (χ2v) is 4.24. The Labute approximate surface area is 88.7 Å². The Morgan fingerprint density at radius 3 is 2.80 bits per heavy atom. The van der Waals surface area contributed by atoms with E-state index in [0.717, 1.165) is 18.4 Å². The van der Waals surface area contributed by atoms with Crippen LogP contribution in [-0.2, 0) is 0 Å². The lowest BCUT2D eigenvalue weighted by molar-refractivity contribution is 0.0196. The number of ether oxygens (including phenoxy) is 1. The summed E-state index contributed by atoms with van der Waals surface area (Å²) in [7, 11) is 0. The van der Waals surface area contributed by atoms with Gasteiger partial charge in [-0.25, -0.2) is 4.39 Å². The first-order valence-electron chi connectivity index (χ1n) is 5.22. The van der Waals surface area contributed by atoms with Crippen molar-refractivity contribution in [1.82, 2.24) is 0 Å². The number of hydrogen-bond acceptors (Lipinski definition) is 2. The highest BCUT2D eigenvalue weighted by atomic mass is 19.1. The standard InChI is InChI=1S/C12H15FO2/c1-8-2-3-12(11(13)4-8)15-7-9-5-10(14)6-9/h2-4,9-10,14H,5-7H2,1H3/t9-,10+. The van der Waals surface area contributed by atoms with E-state index in [0.29, 0.717) is 18.3 Å². The molecule has 1 aromatic rings. The fourth-order valence-electron chi connectivity index (χ4n) is 1.77. The van der Waals surface area contributed by atoms with Crippen LogP contribution in [0, 0.1) is 18.7 Å². The number of rotatable bonds is 3. The van der Waals surface area contributed by atoms with Gasteiger partial charge in [0.25, 0.3) is 0 Å². The Bertz CT molecular complexity index is 345. The van der Waals surface area contributed by atoms with Crippen molar-refractivity contribution in [3.05, 3.63) is 29.6 Å². The van der Waals surface area contributed by atoms with Gasteiger partial charge in [-0.2, -0.15) is 0 Å². The van der Waals surface area contributed by atoms with Gasteiger partial charge in [-0.05, 0) is 43.4 Å². The first kappa shape index (κ1) is 10.4. The third-order valence-electron chi connectivity index (χ3n) is 2.77. The molecule has 0 radical (unpaired) electrons. The summed E-state index contributed by atoms with van der Waals surface area (Å²) in [5, 5.41) is 9.08. The van der Waals surface area contributed by atoms with Crippen molar-refractivity contribution < 1.29 is 14.2 Å². The van der Waals surface area contributed by atoms with E-state index in [-0.39, 0.29) is 11.9 Å². The van der Waals surface area contributed by atoms with Gasteiger partial charge in [-0.1, -0.05) is 6.07 Å². The van der Waals surface area contributed by atoms with E-state index in [9.17, 15) is 4.39 Å². The van der Waals surface area contributed by atoms with Crippen molar-refractivity contribution in [3.63, 3.8) is 0 Å². The number of halogens is 1. The summed E-state index contributed by atoms with van der Waals surface area (Å²) in [5.74, 6) is 0.373. The lowest BCUT2D eigenvalue weighted by Gasteiger charge is -2.30. The van der Waals surface area contributed by atoms with Crippen LogP contribution in [0.5, 0.6) is 5.75 Å². The topological polar surface area (TPSA) is 29.5 Å². The Morgan fingerprint density at radius 1 is 1.47 bits per heavy atom. The quantitative estimate of drug-likeness (QED) is 0.829. The number of benzene rings is 1. The Hall–Kier alpha value is -1.09. The fraction of sp³-hybridized carbons (Fsp3) is 0.500. The molecule has 2 nitrogen and oxygen atoms in total. The van der Waals surface area contributed by atoms with E-state index in [2.05, 4.69) is 0 Å². The fourth-order valence-corrected chi connectivity index (χ4v) is 1.77. The monoisotopic (exact) mass is 210 g/mol. The second-order valence-electron chi connectivity index (χ2n) is 4.24. The maximum absolute atomic E-state index is 13.3. The van der Waals surface area contributed by atoms with Crippen LogP contribution in [0.3, 0.4) is 0 Å². The predicted octanol–water partition coefficient (Wildman–Crippen LogP) is 2.28. The molecule has 1 fully saturated rings. The van der Waals surface area contributed by atoms with E-state index in [1.54, 1.807) is 6.07 Å². The van der Waals surface area contributed by atoms with Crippen LogP contribution in [0.2, 0.25) is 0 Å². The molecule has 0 heterocycles. The minimum absolute atomic E-state index is 0.179. The molecule has 0 aromatic heterocycles. The molecule has 1 aromatic carbocycles. The van der Waals surface area contributed by atoms with Crippen molar-refractivity contribution in [1.29, 1.82) is 0 Å². The largest absolute Gasteiger partial charge is 0.490 e. The summed E-state index contributed by atoms with van der Waals surface area (Å²) < 4.78 is 18.7. The molecule has 1 aliphatic rings. The van der Waals surface area contributed by atoms with Gasteiger partial charge in [-0.15, -0.1) is 0 Å². The molecule has 0 atom stereocenters. The zero-order chi connectivity index (χ0) is 10.8. The van der Waals surface area contributed by atoms with Crippen LogP contribution < -0.4 is 4.74 Å². The van der Waals surface area contributed by atoms with E-state index in [1.807, 2.05) is 13.0 Å². The van der Waals surface area contributed by atoms with Crippen LogP contribution in [0.4, 0.5) is 4.39 Å². The van der Waals surface area contributed by atoms with E-state index >= 15 is 0 Å². The molecule has 0 spiro atoms. The van der Waals surface area contributed by atoms with Gasteiger partial charge in [0.1, 0.15) is 0 Å². The average Bonchev–Trinajstić information content (AvgIpc) is 2.13. The molecule has 1 aliphatic carbocycles. The van der Waals surface area contributed by atoms with Gasteiger partial charge in [-0.3, -0.25) is 0 Å². The zero-order valence-corrected chi connectivity index (χ0v) is 8.74. The molecule has 0 unspecified atom stereocenters. The maximum atomic E-state index is 13.3. The van der Waals surface area contributed by atoms with Crippen molar-refractivity contribution in [2.75, 3.05) is 6.61 Å². The first-order chi connectivity index (χ1) is 7.15. The van der Waals surface area contributed by atoms with Crippen molar-refractivity contribution in [2.45, 2.75) is 25.9 Å². The van der Waals surface area contributed by atoms with Crippen molar-refractivity contribution >= 4 is 0 Å². The van der Waals surface area contributed by atoms with Gasteiger partial charge in [0.2, 0.25) is 0 Å². The minimum Gasteiger partial charge on any atom is -0.490 e. The van der Waals surface area contributed by atoms with Crippen molar-refractivity contribution in [3.8, 4) is 5.75 Å². The van der Waals surface area contributed by atoms with Crippen LogP contribution >= 0.6 is 0 Å². The molecule has 0 amide bonds. The third kappa shape index (κ3) is 2.48. The minimum atomic E-state index is -0.310. The summed E-state index contributed by atoms with van der Waals surface area (Å²) in [4.78, 5) is 0. The Morgan fingerprint density at radius 2 is 2.20 bits per heavy atom. The first-order valence-corrected chi connectivity index (χ1v) is 5.22. The molecule has 1 saturated carbocycles. The zero-order valence-electron chi connectivity index (χ0n) is 8.74. The molecule has 0 bridgehead atoms. The number of aliphatic hydroxyl groups is 1. The maximum Gasteiger partial charge on any atom is 0.165 e.